The Morgan fingerprint density at radius 1 is 1.52 bits per heavy atom. The molecule has 1 fully saturated rings. The average molecular weight is 362 g/mol. The monoisotopic (exact) mass is 361 g/mol. The summed E-state index contributed by atoms with van der Waals surface area (Å²) in [5, 5.41) is 3.45. The van der Waals surface area contributed by atoms with Gasteiger partial charge in [-0.2, -0.15) is 0 Å². The Morgan fingerprint density at radius 3 is 3.00 bits per heavy atom. The van der Waals surface area contributed by atoms with Crippen LogP contribution in [0.2, 0.25) is 5.02 Å². The number of anilines is 1. The van der Waals surface area contributed by atoms with E-state index in [9.17, 15) is 4.79 Å². The van der Waals surface area contributed by atoms with Gasteiger partial charge < -0.3 is 15.8 Å². The predicted molar refractivity (Wildman–Crippen MR) is 96.7 cm³/mol. The van der Waals surface area contributed by atoms with Gasteiger partial charge in [-0.25, -0.2) is 0 Å². The summed E-state index contributed by atoms with van der Waals surface area (Å²) in [5.74, 6) is 1.17. The summed E-state index contributed by atoms with van der Waals surface area (Å²) in [7, 11) is 1.57. The molecule has 1 unspecified atom stereocenters. The molecule has 1 heterocycles. The van der Waals surface area contributed by atoms with E-state index in [1.54, 1.807) is 25.3 Å². The first-order valence-corrected chi connectivity index (χ1v) is 8.06. The molecule has 2 rings (SSSR count). The van der Waals surface area contributed by atoms with E-state index < -0.39 is 0 Å². The lowest BCUT2D eigenvalue weighted by Gasteiger charge is -2.32. The van der Waals surface area contributed by atoms with Crippen LogP contribution in [0.15, 0.2) is 18.2 Å². The molecule has 7 heteroatoms. The third kappa shape index (κ3) is 6.18. The minimum absolute atomic E-state index is 0. The highest BCUT2D eigenvalue weighted by Crippen LogP contribution is 2.27. The largest absolute Gasteiger partial charge is 0.495 e. The van der Waals surface area contributed by atoms with Crippen molar-refractivity contribution in [3.8, 4) is 5.75 Å². The highest BCUT2D eigenvalue weighted by Gasteiger charge is 2.21. The quantitative estimate of drug-likeness (QED) is 0.817. The van der Waals surface area contributed by atoms with Gasteiger partial charge in [-0.3, -0.25) is 9.69 Å². The van der Waals surface area contributed by atoms with E-state index in [0.717, 1.165) is 25.9 Å². The first kappa shape index (κ1) is 20.0. The number of rotatable bonds is 6. The Bertz CT molecular complexity index is 512. The fraction of sp³-hybridized carbons (Fsp3) is 0.562. The van der Waals surface area contributed by atoms with E-state index in [0.29, 0.717) is 35.5 Å². The Kier molecular flexibility index (Phi) is 8.69. The van der Waals surface area contributed by atoms with Gasteiger partial charge in [-0.05, 0) is 56.5 Å². The fourth-order valence-corrected chi connectivity index (χ4v) is 3.11. The lowest BCUT2D eigenvalue weighted by Crippen LogP contribution is -2.41. The lowest BCUT2D eigenvalue weighted by atomic mass is 9.95. The molecule has 0 aromatic heterocycles. The summed E-state index contributed by atoms with van der Waals surface area (Å²) in [4.78, 5) is 14.4. The molecule has 1 atom stereocenters. The molecule has 0 radical (unpaired) electrons. The predicted octanol–water partition coefficient (Wildman–Crippen LogP) is 2.77. The van der Waals surface area contributed by atoms with Gasteiger partial charge in [0, 0.05) is 11.6 Å². The Labute approximate surface area is 148 Å². The van der Waals surface area contributed by atoms with Crippen molar-refractivity contribution >= 4 is 35.6 Å². The summed E-state index contributed by atoms with van der Waals surface area (Å²) >= 11 is 5.97. The molecule has 130 valence electrons. The molecule has 0 bridgehead atoms. The number of methoxy groups -OCH3 is 1. The zero-order valence-electron chi connectivity index (χ0n) is 13.4. The Balaban J connectivity index is 0.00000264. The van der Waals surface area contributed by atoms with Crippen molar-refractivity contribution in [3.63, 3.8) is 0 Å². The van der Waals surface area contributed by atoms with Crippen LogP contribution in [0.5, 0.6) is 5.75 Å². The highest BCUT2D eigenvalue weighted by atomic mass is 35.5. The number of benzene rings is 1. The van der Waals surface area contributed by atoms with Gasteiger partial charge in [0.25, 0.3) is 0 Å². The van der Waals surface area contributed by atoms with E-state index in [4.69, 9.17) is 22.1 Å². The van der Waals surface area contributed by atoms with Crippen LogP contribution in [-0.2, 0) is 4.79 Å². The molecular weight excluding hydrogens is 337 g/mol. The summed E-state index contributed by atoms with van der Waals surface area (Å²) in [5.41, 5.74) is 6.24. The van der Waals surface area contributed by atoms with E-state index in [1.807, 2.05) is 0 Å². The SMILES string of the molecule is COc1ccc(Cl)cc1NC(=O)CN1CCCC(CCN)C1.Cl. The van der Waals surface area contributed by atoms with Gasteiger partial charge in [0.2, 0.25) is 5.91 Å². The topological polar surface area (TPSA) is 67.6 Å². The zero-order chi connectivity index (χ0) is 15.9. The maximum absolute atomic E-state index is 12.2. The molecule has 23 heavy (non-hydrogen) atoms. The number of carbonyl (C=O) groups is 1. The number of hydrogen-bond donors (Lipinski definition) is 2. The van der Waals surface area contributed by atoms with E-state index in [1.165, 1.54) is 6.42 Å². The molecule has 0 spiro atoms. The van der Waals surface area contributed by atoms with Crippen molar-refractivity contribution < 1.29 is 9.53 Å². The van der Waals surface area contributed by atoms with Gasteiger partial charge in [-0.1, -0.05) is 11.6 Å². The minimum atomic E-state index is -0.0473. The third-order valence-corrected chi connectivity index (χ3v) is 4.22. The van der Waals surface area contributed by atoms with Gasteiger partial charge in [0.15, 0.2) is 0 Å². The van der Waals surface area contributed by atoms with Crippen LogP contribution >= 0.6 is 24.0 Å². The van der Waals surface area contributed by atoms with Gasteiger partial charge >= 0.3 is 0 Å². The molecule has 1 aromatic carbocycles. The third-order valence-electron chi connectivity index (χ3n) is 3.98. The van der Waals surface area contributed by atoms with Crippen LogP contribution in [0.1, 0.15) is 19.3 Å². The van der Waals surface area contributed by atoms with Gasteiger partial charge in [0.1, 0.15) is 5.75 Å². The van der Waals surface area contributed by atoms with E-state index >= 15 is 0 Å². The number of ether oxygens (including phenoxy) is 1. The molecule has 1 aliphatic rings. The average Bonchev–Trinajstić information content (AvgIpc) is 2.48. The molecular formula is C16H25Cl2N3O2. The summed E-state index contributed by atoms with van der Waals surface area (Å²) < 4.78 is 5.24. The number of hydrogen-bond acceptors (Lipinski definition) is 4. The van der Waals surface area contributed by atoms with Gasteiger partial charge in [-0.15, -0.1) is 12.4 Å². The first-order chi connectivity index (χ1) is 10.6. The molecule has 3 N–H and O–H groups in total. The standard InChI is InChI=1S/C16H24ClN3O2.ClH/c1-22-15-5-4-13(17)9-14(15)19-16(21)11-20-8-2-3-12(10-20)6-7-18;/h4-5,9,12H,2-3,6-8,10-11,18H2,1H3,(H,19,21);1H. The van der Waals surface area contributed by atoms with E-state index in [2.05, 4.69) is 10.2 Å². The molecule has 5 nitrogen and oxygen atoms in total. The van der Waals surface area contributed by atoms with Crippen LogP contribution in [-0.4, -0.2) is 44.1 Å². The Hall–Kier alpha value is -1.01. The minimum Gasteiger partial charge on any atom is -0.495 e. The normalized spacial score (nSPS) is 18.1. The maximum Gasteiger partial charge on any atom is 0.238 e. The number of nitrogens with one attached hydrogen (secondary N) is 1. The molecule has 1 aliphatic heterocycles. The lowest BCUT2D eigenvalue weighted by molar-refractivity contribution is -0.117. The highest BCUT2D eigenvalue weighted by molar-refractivity contribution is 6.31. The van der Waals surface area contributed by atoms with Crippen molar-refractivity contribution in [1.29, 1.82) is 0 Å². The maximum atomic E-state index is 12.2. The molecule has 0 saturated carbocycles. The van der Waals surface area contributed by atoms with Crippen molar-refractivity contribution in [2.75, 3.05) is 38.6 Å². The summed E-state index contributed by atoms with van der Waals surface area (Å²) in [6.45, 7) is 3.00. The molecule has 1 amide bonds. The van der Waals surface area contributed by atoms with Crippen molar-refractivity contribution in [2.24, 2.45) is 11.7 Å². The summed E-state index contributed by atoms with van der Waals surface area (Å²) in [6.07, 6.45) is 3.36. The second-order valence-corrected chi connectivity index (χ2v) is 6.15. The molecule has 1 saturated heterocycles. The van der Waals surface area contributed by atoms with E-state index in [-0.39, 0.29) is 18.3 Å². The van der Waals surface area contributed by atoms with Crippen molar-refractivity contribution in [3.05, 3.63) is 23.2 Å². The first-order valence-electron chi connectivity index (χ1n) is 7.68. The molecule has 0 aliphatic carbocycles. The summed E-state index contributed by atoms with van der Waals surface area (Å²) in [6, 6.07) is 5.18. The number of amides is 1. The van der Waals surface area contributed by atoms with Crippen LogP contribution in [0.3, 0.4) is 0 Å². The van der Waals surface area contributed by atoms with Crippen LogP contribution in [0.25, 0.3) is 0 Å². The van der Waals surface area contributed by atoms with Crippen molar-refractivity contribution in [1.82, 2.24) is 4.90 Å². The number of nitrogens with two attached hydrogens (primary N) is 1. The fourth-order valence-electron chi connectivity index (χ4n) is 2.94. The Morgan fingerprint density at radius 2 is 2.30 bits per heavy atom. The van der Waals surface area contributed by atoms with Gasteiger partial charge in [0.05, 0.1) is 19.3 Å². The number of likely N-dealkylation sites (tertiary alicyclic amines) is 1. The zero-order valence-corrected chi connectivity index (χ0v) is 15.0. The number of nitrogens with zero attached hydrogens (tertiary/aromatic N) is 1. The second-order valence-electron chi connectivity index (χ2n) is 5.71. The second kappa shape index (κ2) is 9.98. The number of piperidine rings is 1. The van der Waals surface area contributed by atoms with Crippen LogP contribution < -0.4 is 15.8 Å². The smallest absolute Gasteiger partial charge is 0.238 e. The van der Waals surface area contributed by atoms with Crippen LogP contribution in [0.4, 0.5) is 5.69 Å². The molecule has 1 aromatic rings. The number of halogens is 2. The van der Waals surface area contributed by atoms with Crippen molar-refractivity contribution in [2.45, 2.75) is 19.3 Å². The van der Waals surface area contributed by atoms with Crippen LogP contribution in [0, 0.1) is 5.92 Å². The number of carbonyl (C=O) groups excluding carboxylic acids is 1.